The largest absolute Gasteiger partial charge is 0.506 e. The minimum atomic E-state index is -1.13. The van der Waals surface area contributed by atoms with Crippen molar-refractivity contribution < 1.29 is 19.8 Å². The van der Waals surface area contributed by atoms with E-state index < -0.39 is 11.9 Å². The van der Waals surface area contributed by atoms with Crippen molar-refractivity contribution >= 4 is 23.6 Å². The summed E-state index contributed by atoms with van der Waals surface area (Å²) >= 11 is 0. The van der Waals surface area contributed by atoms with Gasteiger partial charge in [-0.1, -0.05) is 30.3 Å². The molecule has 2 aromatic rings. The van der Waals surface area contributed by atoms with Crippen molar-refractivity contribution in [1.29, 1.82) is 0 Å². The van der Waals surface area contributed by atoms with Crippen LogP contribution in [0.5, 0.6) is 5.75 Å². The zero-order valence-corrected chi connectivity index (χ0v) is 11.0. The Kier molecular flexibility index (Phi) is 4.36. The third-order valence-electron chi connectivity index (χ3n) is 2.73. The van der Waals surface area contributed by atoms with Crippen LogP contribution in [0.1, 0.15) is 15.9 Å². The molecule has 0 aliphatic rings. The van der Waals surface area contributed by atoms with Crippen LogP contribution in [0.2, 0.25) is 0 Å². The average molecular weight is 283 g/mol. The first-order chi connectivity index (χ1) is 10.1. The molecule has 2 rings (SSSR count). The van der Waals surface area contributed by atoms with Gasteiger partial charge in [0.15, 0.2) is 0 Å². The second-order valence-electron chi connectivity index (χ2n) is 4.27. The average Bonchev–Trinajstić information content (AvgIpc) is 2.48. The molecule has 0 saturated carbocycles. The molecular weight excluding hydrogens is 270 g/mol. The molecule has 106 valence electrons. The van der Waals surface area contributed by atoms with Gasteiger partial charge in [0.2, 0.25) is 5.91 Å². The molecule has 0 bridgehead atoms. The first kappa shape index (κ1) is 14.3. The molecule has 0 aliphatic heterocycles. The van der Waals surface area contributed by atoms with E-state index in [2.05, 4.69) is 5.32 Å². The number of aromatic hydroxyl groups is 1. The Labute approximate surface area is 121 Å². The van der Waals surface area contributed by atoms with Gasteiger partial charge in [0.25, 0.3) is 0 Å². The highest BCUT2D eigenvalue weighted by atomic mass is 16.4. The molecule has 21 heavy (non-hydrogen) atoms. The van der Waals surface area contributed by atoms with Crippen LogP contribution >= 0.6 is 0 Å². The highest BCUT2D eigenvalue weighted by molar-refractivity contribution is 6.03. The van der Waals surface area contributed by atoms with Gasteiger partial charge in [0, 0.05) is 6.08 Å². The fourth-order valence-electron chi connectivity index (χ4n) is 1.68. The van der Waals surface area contributed by atoms with E-state index in [1.165, 1.54) is 24.3 Å². The number of aromatic carboxylic acids is 1. The third-order valence-corrected chi connectivity index (χ3v) is 2.73. The van der Waals surface area contributed by atoms with E-state index in [1.807, 2.05) is 30.3 Å². The van der Waals surface area contributed by atoms with Gasteiger partial charge in [0.05, 0.1) is 11.3 Å². The number of nitrogens with one attached hydrogen (secondary N) is 1. The van der Waals surface area contributed by atoms with Crippen molar-refractivity contribution in [3.8, 4) is 5.75 Å². The van der Waals surface area contributed by atoms with Gasteiger partial charge in [-0.05, 0) is 29.8 Å². The number of phenols is 1. The van der Waals surface area contributed by atoms with Crippen LogP contribution in [-0.2, 0) is 4.79 Å². The number of phenolic OH excluding ortho intramolecular Hbond substituents is 1. The summed E-state index contributed by atoms with van der Waals surface area (Å²) in [6.45, 7) is 0. The molecule has 0 fully saturated rings. The summed E-state index contributed by atoms with van der Waals surface area (Å²) in [6.07, 6.45) is 2.93. The van der Waals surface area contributed by atoms with Gasteiger partial charge in [-0.25, -0.2) is 4.79 Å². The van der Waals surface area contributed by atoms with Crippen LogP contribution in [-0.4, -0.2) is 22.1 Å². The summed E-state index contributed by atoms with van der Waals surface area (Å²) in [5.41, 5.74) is 0.893. The maximum atomic E-state index is 11.8. The highest BCUT2D eigenvalue weighted by Gasteiger charge is 2.09. The Morgan fingerprint density at radius 3 is 2.43 bits per heavy atom. The molecular formula is C16H13NO4. The summed E-state index contributed by atoms with van der Waals surface area (Å²) in [4.78, 5) is 22.6. The Balaban J connectivity index is 2.11. The molecule has 5 nitrogen and oxygen atoms in total. The van der Waals surface area contributed by atoms with Gasteiger partial charge in [-0.15, -0.1) is 0 Å². The predicted octanol–water partition coefficient (Wildman–Crippen LogP) is 2.74. The molecule has 0 aliphatic carbocycles. The molecule has 0 heterocycles. The van der Waals surface area contributed by atoms with Crippen molar-refractivity contribution in [2.75, 3.05) is 5.32 Å². The Morgan fingerprint density at radius 2 is 1.76 bits per heavy atom. The van der Waals surface area contributed by atoms with E-state index in [1.54, 1.807) is 6.08 Å². The van der Waals surface area contributed by atoms with Crippen molar-refractivity contribution in [3.05, 3.63) is 65.7 Å². The van der Waals surface area contributed by atoms with Crippen molar-refractivity contribution in [3.63, 3.8) is 0 Å². The summed E-state index contributed by atoms with van der Waals surface area (Å²) in [5.74, 6) is -1.79. The minimum absolute atomic E-state index is 0.0184. The lowest BCUT2D eigenvalue weighted by molar-refractivity contribution is -0.111. The number of anilines is 1. The van der Waals surface area contributed by atoms with E-state index in [-0.39, 0.29) is 17.0 Å². The van der Waals surface area contributed by atoms with Gasteiger partial charge < -0.3 is 15.5 Å². The van der Waals surface area contributed by atoms with E-state index in [4.69, 9.17) is 5.11 Å². The van der Waals surface area contributed by atoms with Crippen LogP contribution < -0.4 is 5.32 Å². The topological polar surface area (TPSA) is 86.6 Å². The monoisotopic (exact) mass is 283 g/mol. The van der Waals surface area contributed by atoms with E-state index in [9.17, 15) is 14.7 Å². The van der Waals surface area contributed by atoms with Crippen LogP contribution in [0.25, 0.3) is 6.08 Å². The molecule has 0 saturated heterocycles. The number of hydrogen-bond acceptors (Lipinski definition) is 3. The lowest BCUT2D eigenvalue weighted by Gasteiger charge is -2.06. The van der Waals surface area contributed by atoms with Crippen LogP contribution in [0, 0.1) is 0 Å². The Morgan fingerprint density at radius 1 is 1.05 bits per heavy atom. The lowest BCUT2D eigenvalue weighted by atomic mass is 10.2. The zero-order chi connectivity index (χ0) is 15.2. The van der Waals surface area contributed by atoms with Gasteiger partial charge in [-0.3, -0.25) is 4.79 Å². The second kappa shape index (κ2) is 6.38. The summed E-state index contributed by atoms with van der Waals surface area (Å²) in [6, 6.07) is 12.9. The lowest BCUT2D eigenvalue weighted by Crippen LogP contribution is -2.09. The summed E-state index contributed by atoms with van der Waals surface area (Å²) in [7, 11) is 0. The molecule has 0 spiro atoms. The molecule has 0 unspecified atom stereocenters. The molecule has 3 N–H and O–H groups in total. The van der Waals surface area contributed by atoms with Crippen LogP contribution in [0.3, 0.4) is 0 Å². The van der Waals surface area contributed by atoms with Gasteiger partial charge in [-0.2, -0.15) is 0 Å². The SMILES string of the molecule is O=C(/C=C/c1ccccc1)Nc1cc(C(=O)O)ccc1O. The molecule has 0 radical (unpaired) electrons. The van der Waals surface area contributed by atoms with E-state index >= 15 is 0 Å². The molecule has 5 heteroatoms. The quantitative estimate of drug-likeness (QED) is 0.595. The fraction of sp³-hybridized carbons (Fsp3) is 0. The van der Waals surface area contributed by atoms with Crippen LogP contribution in [0.4, 0.5) is 5.69 Å². The maximum absolute atomic E-state index is 11.8. The fourth-order valence-corrected chi connectivity index (χ4v) is 1.68. The molecule has 0 atom stereocenters. The third kappa shape index (κ3) is 3.94. The predicted molar refractivity (Wildman–Crippen MR) is 79.2 cm³/mol. The minimum Gasteiger partial charge on any atom is -0.506 e. The van der Waals surface area contributed by atoms with Crippen molar-refractivity contribution in [2.24, 2.45) is 0 Å². The Hall–Kier alpha value is -3.08. The molecule has 1 amide bonds. The van der Waals surface area contributed by atoms with E-state index in [0.29, 0.717) is 0 Å². The summed E-state index contributed by atoms with van der Waals surface area (Å²) in [5, 5.41) is 20.9. The number of benzene rings is 2. The zero-order valence-electron chi connectivity index (χ0n) is 11.0. The van der Waals surface area contributed by atoms with Crippen LogP contribution in [0.15, 0.2) is 54.6 Å². The van der Waals surface area contributed by atoms with Crippen molar-refractivity contribution in [2.45, 2.75) is 0 Å². The number of carboxylic acids is 1. The first-order valence-corrected chi connectivity index (χ1v) is 6.16. The van der Waals surface area contributed by atoms with Gasteiger partial charge in [0.1, 0.15) is 5.75 Å². The standard InChI is InChI=1S/C16H13NO4/c18-14-8-7-12(16(20)21)10-13(14)17-15(19)9-6-11-4-2-1-3-5-11/h1-10,18H,(H,17,19)(H,20,21)/b9-6+. The maximum Gasteiger partial charge on any atom is 0.335 e. The number of carbonyl (C=O) groups is 2. The van der Waals surface area contributed by atoms with Crippen molar-refractivity contribution in [1.82, 2.24) is 0 Å². The summed E-state index contributed by atoms with van der Waals surface area (Å²) < 4.78 is 0. The highest BCUT2D eigenvalue weighted by Crippen LogP contribution is 2.24. The van der Waals surface area contributed by atoms with Gasteiger partial charge >= 0.3 is 5.97 Å². The number of rotatable bonds is 4. The smallest absolute Gasteiger partial charge is 0.335 e. The first-order valence-electron chi connectivity index (χ1n) is 6.16. The second-order valence-corrected chi connectivity index (χ2v) is 4.27. The molecule has 0 aromatic heterocycles. The molecule has 2 aromatic carbocycles. The number of carboxylic acid groups (broad SMARTS) is 1. The normalized spacial score (nSPS) is 10.5. The number of hydrogen-bond donors (Lipinski definition) is 3. The number of amides is 1. The van der Waals surface area contributed by atoms with E-state index in [0.717, 1.165) is 5.56 Å². The number of carbonyl (C=O) groups excluding carboxylic acids is 1. The Bertz CT molecular complexity index is 693.